The van der Waals surface area contributed by atoms with Crippen molar-refractivity contribution in [2.45, 2.75) is 83.2 Å². The summed E-state index contributed by atoms with van der Waals surface area (Å²) in [6, 6.07) is 0.681. The van der Waals surface area contributed by atoms with E-state index in [1.807, 2.05) is 0 Å². The lowest BCUT2D eigenvalue weighted by molar-refractivity contribution is -0.0369. The summed E-state index contributed by atoms with van der Waals surface area (Å²) in [5.74, 6) is 0. The van der Waals surface area contributed by atoms with Crippen molar-refractivity contribution in [1.82, 2.24) is 10.2 Å². The maximum Gasteiger partial charge on any atom is 0.0594 e. The topological polar surface area (TPSA) is 24.5 Å². The highest BCUT2D eigenvalue weighted by molar-refractivity contribution is 5.04. The molecule has 1 heterocycles. The minimum atomic E-state index is 0.423. The number of nitrogens with zero attached hydrogens (tertiary/aromatic N) is 1. The predicted octanol–water partition coefficient (Wildman–Crippen LogP) is 3.58. The molecule has 2 rings (SSSR count). The second-order valence-corrected chi connectivity index (χ2v) is 6.87. The number of hydrogen-bond acceptors (Lipinski definition) is 3. The molecule has 1 N–H and O–H groups in total. The highest BCUT2D eigenvalue weighted by Crippen LogP contribution is 2.40. The number of unbranched alkanes of at least 4 members (excludes halogenated alkanes) is 3. The summed E-state index contributed by atoms with van der Waals surface area (Å²) in [6.45, 7) is 9.79. The lowest BCUT2D eigenvalue weighted by Gasteiger charge is -2.48. The number of rotatable bonds is 9. The van der Waals surface area contributed by atoms with E-state index >= 15 is 0 Å². The first-order valence-electron chi connectivity index (χ1n) is 9.39. The quantitative estimate of drug-likeness (QED) is 0.658. The Balaban J connectivity index is 2.00. The zero-order valence-corrected chi connectivity index (χ0v) is 14.3. The minimum Gasteiger partial charge on any atom is -0.379 e. The summed E-state index contributed by atoms with van der Waals surface area (Å²) < 4.78 is 5.60. The van der Waals surface area contributed by atoms with E-state index in [4.69, 9.17) is 4.74 Å². The van der Waals surface area contributed by atoms with Crippen molar-refractivity contribution in [3.05, 3.63) is 0 Å². The van der Waals surface area contributed by atoms with Crippen LogP contribution >= 0.6 is 0 Å². The van der Waals surface area contributed by atoms with Gasteiger partial charge in [-0.3, -0.25) is 4.90 Å². The smallest absolute Gasteiger partial charge is 0.0594 e. The van der Waals surface area contributed by atoms with Gasteiger partial charge in [0.25, 0.3) is 0 Å². The van der Waals surface area contributed by atoms with E-state index in [1.54, 1.807) is 0 Å². The fourth-order valence-corrected chi connectivity index (χ4v) is 4.46. The average molecular weight is 296 g/mol. The Morgan fingerprint density at radius 3 is 2.38 bits per heavy atom. The van der Waals surface area contributed by atoms with Crippen molar-refractivity contribution >= 4 is 0 Å². The van der Waals surface area contributed by atoms with Gasteiger partial charge in [0.05, 0.1) is 13.2 Å². The molecule has 0 radical (unpaired) electrons. The molecule has 21 heavy (non-hydrogen) atoms. The maximum atomic E-state index is 5.60. The molecular formula is C18H36N2O. The normalized spacial score (nSPS) is 24.3. The first-order valence-corrected chi connectivity index (χ1v) is 9.39. The molecule has 0 aromatic heterocycles. The molecule has 1 saturated heterocycles. The summed E-state index contributed by atoms with van der Waals surface area (Å²) in [6.07, 6.45) is 12.5. The largest absolute Gasteiger partial charge is 0.379 e. The fraction of sp³-hybridized carbons (Fsp3) is 1.00. The minimum absolute atomic E-state index is 0.423. The van der Waals surface area contributed by atoms with Gasteiger partial charge in [0.2, 0.25) is 0 Å². The van der Waals surface area contributed by atoms with Gasteiger partial charge >= 0.3 is 0 Å². The Hall–Kier alpha value is -0.120. The Morgan fingerprint density at radius 1 is 1.05 bits per heavy atom. The van der Waals surface area contributed by atoms with Crippen molar-refractivity contribution in [2.24, 2.45) is 0 Å². The third-order valence-electron chi connectivity index (χ3n) is 5.56. The molecule has 0 aromatic rings. The highest BCUT2D eigenvalue weighted by atomic mass is 16.5. The second-order valence-electron chi connectivity index (χ2n) is 6.87. The number of nitrogens with one attached hydrogen (secondary N) is 1. The van der Waals surface area contributed by atoms with Crippen LogP contribution in [0.1, 0.15) is 71.6 Å². The van der Waals surface area contributed by atoms with Crippen LogP contribution in [0.3, 0.4) is 0 Å². The lowest BCUT2D eigenvalue weighted by Crippen LogP contribution is -2.62. The summed E-state index contributed by atoms with van der Waals surface area (Å²) in [5, 5.41) is 3.86. The van der Waals surface area contributed by atoms with Crippen LogP contribution in [0, 0.1) is 0 Å². The van der Waals surface area contributed by atoms with Crippen LogP contribution in [0.4, 0.5) is 0 Å². The van der Waals surface area contributed by atoms with Crippen LogP contribution in [0.15, 0.2) is 0 Å². The number of hydrogen-bond donors (Lipinski definition) is 1. The SMILES string of the molecule is CCCCCCC(NCC)C1(N2CCOCC2)CCCC1. The maximum absolute atomic E-state index is 5.60. The van der Waals surface area contributed by atoms with Crippen LogP contribution in [-0.4, -0.2) is 49.3 Å². The first kappa shape index (κ1) is 17.2. The zero-order chi connectivity index (χ0) is 15.0. The molecule has 0 spiro atoms. The Bertz CT molecular complexity index is 270. The first-order chi connectivity index (χ1) is 10.3. The molecule has 3 nitrogen and oxygen atoms in total. The van der Waals surface area contributed by atoms with Crippen molar-refractivity contribution in [2.75, 3.05) is 32.8 Å². The molecule has 0 bridgehead atoms. The van der Waals surface area contributed by atoms with E-state index in [0.29, 0.717) is 11.6 Å². The molecule has 1 aliphatic carbocycles. The molecule has 1 atom stereocenters. The van der Waals surface area contributed by atoms with Gasteiger partial charge in [-0.15, -0.1) is 0 Å². The molecule has 1 saturated carbocycles. The van der Waals surface area contributed by atoms with E-state index < -0.39 is 0 Å². The molecular weight excluding hydrogens is 260 g/mol. The van der Waals surface area contributed by atoms with Crippen molar-refractivity contribution in [3.8, 4) is 0 Å². The van der Waals surface area contributed by atoms with Crippen molar-refractivity contribution in [1.29, 1.82) is 0 Å². The van der Waals surface area contributed by atoms with Gasteiger partial charge in [0, 0.05) is 24.7 Å². The van der Waals surface area contributed by atoms with Crippen molar-refractivity contribution in [3.63, 3.8) is 0 Å². The average Bonchev–Trinajstić information content (AvgIpc) is 3.02. The van der Waals surface area contributed by atoms with E-state index in [-0.39, 0.29) is 0 Å². The van der Waals surface area contributed by atoms with Gasteiger partial charge in [-0.25, -0.2) is 0 Å². The van der Waals surface area contributed by atoms with Crippen LogP contribution in [0.2, 0.25) is 0 Å². The molecule has 1 aliphatic heterocycles. The number of morpholine rings is 1. The molecule has 2 fully saturated rings. The fourth-order valence-electron chi connectivity index (χ4n) is 4.46. The molecule has 0 amide bonds. The Morgan fingerprint density at radius 2 is 1.76 bits per heavy atom. The summed E-state index contributed by atoms with van der Waals surface area (Å²) in [7, 11) is 0. The van der Waals surface area contributed by atoms with E-state index in [9.17, 15) is 0 Å². The molecule has 1 unspecified atom stereocenters. The monoisotopic (exact) mass is 296 g/mol. The number of likely N-dealkylation sites (N-methyl/N-ethyl adjacent to an activating group) is 1. The number of ether oxygens (including phenoxy) is 1. The summed E-state index contributed by atoms with van der Waals surface area (Å²) in [5.41, 5.74) is 0.423. The van der Waals surface area contributed by atoms with E-state index in [0.717, 1.165) is 32.8 Å². The second kappa shape index (κ2) is 9.12. The molecule has 0 aromatic carbocycles. The van der Waals surface area contributed by atoms with Gasteiger partial charge in [-0.1, -0.05) is 52.4 Å². The van der Waals surface area contributed by atoms with Crippen LogP contribution in [-0.2, 0) is 4.74 Å². The van der Waals surface area contributed by atoms with Gasteiger partial charge < -0.3 is 10.1 Å². The van der Waals surface area contributed by atoms with Gasteiger partial charge in [0.15, 0.2) is 0 Å². The van der Waals surface area contributed by atoms with Gasteiger partial charge in [0.1, 0.15) is 0 Å². The van der Waals surface area contributed by atoms with Crippen molar-refractivity contribution < 1.29 is 4.74 Å². The standard InChI is InChI=1S/C18H36N2O/c1-3-5-6-7-10-17(19-4-2)18(11-8-9-12-18)20-13-15-21-16-14-20/h17,19H,3-16H2,1-2H3. The summed E-state index contributed by atoms with van der Waals surface area (Å²) >= 11 is 0. The molecule has 124 valence electrons. The predicted molar refractivity (Wildman–Crippen MR) is 89.8 cm³/mol. The van der Waals surface area contributed by atoms with Gasteiger partial charge in [-0.2, -0.15) is 0 Å². The molecule has 2 aliphatic rings. The third-order valence-corrected chi connectivity index (χ3v) is 5.56. The van der Waals surface area contributed by atoms with Gasteiger partial charge in [-0.05, 0) is 25.8 Å². The lowest BCUT2D eigenvalue weighted by atomic mass is 9.82. The Labute approximate surface area is 131 Å². The van der Waals surface area contributed by atoms with Crippen LogP contribution < -0.4 is 5.32 Å². The Kier molecular flexibility index (Phi) is 7.48. The van der Waals surface area contributed by atoms with E-state index in [1.165, 1.54) is 57.8 Å². The zero-order valence-electron chi connectivity index (χ0n) is 14.3. The summed E-state index contributed by atoms with van der Waals surface area (Å²) in [4.78, 5) is 2.77. The van der Waals surface area contributed by atoms with Crippen LogP contribution in [0.5, 0.6) is 0 Å². The van der Waals surface area contributed by atoms with E-state index in [2.05, 4.69) is 24.1 Å². The third kappa shape index (κ3) is 4.43. The molecule has 3 heteroatoms. The highest BCUT2D eigenvalue weighted by Gasteiger charge is 2.45. The van der Waals surface area contributed by atoms with Crippen LogP contribution in [0.25, 0.3) is 0 Å².